The largest absolute Gasteiger partial charge is 0.360 e. The Morgan fingerprint density at radius 3 is 2.90 bits per heavy atom. The second-order valence-electron chi connectivity index (χ2n) is 4.47. The molecule has 0 saturated heterocycles. The SMILES string of the molecule is Cc1csc(C(=O)c2c[nH]c3ccc(C#N)cc23)c1Cl. The zero-order chi connectivity index (χ0) is 14.3. The van der Waals surface area contributed by atoms with Crippen LogP contribution in [0.3, 0.4) is 0 Å². The van der Waals surface area contributed by atoms with E-state index >= 15 is 0 Å². The summed E-state index contributed by atoms with van der Waals surface area (Å²) >= 11 is 7.50. The maximum atomic E-state index is 12.6. The smallest absolute Gasteiger partial charge is 0.206 e. The Labute approximate surface area is 124 Å². The number of halogens is 1. The highest BCUT2D eigenvalue weighted by Gasteiger charge is 2.19. The number of nitrogens with zero attached hydrogens (tertiary/aromatic N) is 1. The van der Waals surface area contributed by atoms with Crippen LogP contribution in [-0.4, -0.2) is 10.8 Å². The Balaban J connectivity index is 2.17. The molecule has 0 bridgehead atoms. The van der Waals surface area contributed by atoms with Gasteiger partial charge in [0.05, 0.1) is 21.5 Å². The molecule has 2 aromatic heterocycles. The molecule has 3 nitrogen and oxygen atoms in total. The van der Waals surface area contributed by atoms with Crippen LogP contribution in [0.15, 0.2) is 29.8 Å². The third-order valence-corrected chi connectivity index (χ3v) is 4.86. The second kappa shape index (κ2) is 4.78. The van der Waals surface area contributed by atoms with E-state index in [1.165, 1.54) is 11.3 Å². The molecule has 0 aliphatic rings. The van der Waals surface area contributed by atoms with Gasteiger partial charge in [-0.05, 0) is 36.1 Å². The van der Waals surface area contributed by atoms with Crippen molar-refractivity contribution in [2.24, 2.45) is 0 Å². The highest BCUT2D eigenvalue weighted by molar-refractivity contribution is 7.13. The van der Waals surface area contributed by atoms with E-state index in [4.69, 9.17) is 16.9 Å². The zero-order valence-electron chi connectivity index (χ0n) is 10.5. The van der Waals surface area contributed by atoms with E-state index in [1.807, 2.05) is 12.3 Å². The minimum absolute atomic E-state index is 0.116. The molecule has 0 radical (unpaired) electrons. The second-order valence-corrected chi connectivity index (χ2v) is 5.72. The summed E-state index contributed by atoms with van der Waals surface area (Å²) in [5.41, 5.74) is 2.80. The molecular weight excluding hydrogens is 292 g/mol. The number of nitriles is 1. The summed E-state index contributed by atoms with van der Waals surface area (Å²) in [6, 6.07) is 7.31. The summed E-state index contributed by atoms with van der Waals surface area (Å²) in [6.07, 6.45) is 1.67. The number of benzene rings is 1. The fraction of sp³-hybridized carbons (Fsp3) is 0.0667. The van der Waals surface area contributed by atoms with Gasteiger partial charge in [-0.2, -0.15) is 5.26 Å². The average molecular weight is 301 g/mol. The van der Waals surface area contributed by atoms with Crippen molar-refractivity contribution in [3.8, 4) is 6.07 Å². The van der Waals surface area contributed by atoms with Gasteiger partial charge in [0.15, 0.2) is 0 Å². The van der Waals surface area contributed by atoms with Crippen LogP contribution in [0.1, 0.15) is 26.4 Å². The zero-order valence-corrected chi connectivity index (χ0v) is 12.1. The highest BCUT2D eigenvalue weighted by atomic mass is 35.5. The van der Waals surface area contributed by atoms with Crippen LogP contribution in [0, 0.1) is 18.3 Å². The Kier molecular flexibility index (Phi) is 3.09. The van der Waals surface area contributed by atoms with Crippen molar-refractivity contribution in [3.63, 3.8) is 0 Å². The van der Waals surface area contributed by atoms with Gasteiger partial charge in [0.1, 0.15) is 0 Å². The van der Waals surface area contributed by atoms with Crippen molar-refractivity contribution in [3.05, 3.63) is 56.4 Å². The molecule has 2 heterocycles. The number of rotatable bonds is 2. The van der Waals surface area contributed by atoms with Crippen LogP contribution in [-0.2, 0) is 0 Å². The van der Waals surface area contributed by atoms with E-state index in [-0.39, 0.29) is 5.78 Å². The van der Waals surface area contributed by atoms with E-state index < -0.39 is 0 Å². The number of carbonyl (C=O) groups is 1. The van der Waals surface area contributed by atoms with E-state index in [0.717, 1.165) is 16.5 Å². The molecule has 0 spiro atoms. The predicted molar refractivity (Wildman–Crippen MR) is 80.5 cm³/mol. The van der Waals surface area contributed by atoms with E-state index in [1.54, 1.807) is 24.4 Å². The Hall–Kier alpha value is -2.09. The highest BCUT2D eigenvalue weighted by Crippen LogP contribution is 2.31. The first-order valence-electron chi connectivity index (χ1n) is 5.91. The molecule has 0 unspecified atom stereocenters. The molecule has 0 aliphatic heterocycles. The molecule has 1 aromatic carbocycles. The lowest BCUT2D eigenvalue weighted by Gasteiger charge is -1.98. The first-order chi connectivity index (χ1) is 9.61. The van der Waals surface area contributed by atoms with Gasteiger partial charge < -0.3 is 4.98 Å². The predicted octanol–water partition coefficient (Wildman–Crippen LogP) is 4.29. The van der Waals surface area contributed by atoms with Gasteiger partial charge in [-0.15, -0.1) is 11.3 Å². The molecule has 0 atom stereocenters. The molecule has 5 heteroatoms. The number of ketones is 1. The number of fused-ring (bicyclic) bond motifs is 1. The van der Waals surface area contributed by atoms with Crippen LogP contribution in [0.5, 0.6) is 0 Å². The topological polar surface area (TPSA) is 56.6 Å². The number of hydrogen-bond acceptors (Lipinski definition) is 3. The lowest BCUT2D eigenvalue weighted by molar-refractivity contribution is 0.104. The Morgan fingerprint density at radius 2 is 2.25 bits per heavy atom. The minimum atomic E-state index is -0.116. The normalized spacial score (nSPS) is 10.7. The van der Waals surface area contributed by atoms with Gasteiger partial charge in [-0.25, -0.2) is 0 Å². The van der Waals surface area contributed by atoms with Crippen molar-refractivity contribution in [2.45, 2.75) is 6.92 Å². The number of thiophene rings is 1. The van der Waals surface area contributed by atoms with Crippen LogP contribution in [0.25, 0.3) is 10.9 Å². The molecule has 0 aliphatic carbocycles. The molecule has 0 amide bonds. The molecule has 20 heavy (non-hydrogen) atoms. The molecule has 0 fully saturated rings. The monoisotopic (exact) mass is 300 g/mol. The van der Waals surface area contributed by atoms with E-state index in [0.29, 0.717) is 21.0 Å². The summed E-state index contributed by atoms with van der Waals surface area (Å²) in [7, 11) is 0. The van der Waals surface area contributed by atoms with Gasteiger partial charge in [-0.1, -0.05) is 11.6 Å². The fourth-order valence-corrected chi connectivity index (χ4v) is 3.32. The van der Waals surface area contributed by atoms with Crippen LogP contribution in [0.2, 0.25) is 5.02 Å². The molecular formula is C15H9ClN2OS. The van der Waals surface area contributed by atoms with Crippen molar-refractivity contribution in [2.75, 3.05) is 0 Å². The maximum absolute atomic E-state index is 12.6. The number of carbonyl (C=O) groups excluding carboxylic acids is 1. The van der Waals surface area contributed by atoms with Gasteiger partial charge in [0.25, 0.3) is 0 Å². The molecule has 0 saturated carbocycles. The van der Waals surface area contributed by atoms with E-state index in [2.05, 4.69) is 11.1 Å². The van der Waals surface area contributed by atoms with E-state index in [9.17, 15) is 4.79 Å². The Bertz CT molecular complexity index is 870. The lowest BCUT2D eigenvalue weighted by atomic mass is 10.1. The number of hydrogen-bond donors (Lipinski definition) is 1. The first-order valence-corrected chi connectivity index (χ1v) is 7.17. The lowest BCUT2D eigenvalue weighted by Crippen LogP contribution is -1.98. The van der Waals surface area contributed by atoms with Gasteiger partial charge >= 0.3 is 0 Å². The van der Waals surface area contributed by atoms with Crippen LogP contribution < -0.4 is 0 Å². The summed E-state index contributed by atoms with van der Waals surface area (Å²) in [5, 5.41) is 12.1. The maximum Gasteiger partial charge on any atom is 0.206 e. The number of aryl methyl sites for hydroxylation is 1. The Morgan fingerprint density at radius 1 is 1.45 bits per heavy atom. The first kappa shape index (κ1) is 12.9. The number of aromatic nitrogens is 1. The molecule has 98 valence electrons. The van der Waals surface area contributed by atoms with Crippen molar-refractivity contribution in [1.82, 2.24) is 4.98 Å². The molecule has 3 rings (SSSR count). The van der Waals surface area contributed by atoms with Crippen LogP contribution in [0.4, 0.5) is 0 Å². The van der Waals surface area contributed by atoms with Crippen molar-refractivity contribution in [1.29, 1.82) is 5.26 Å². The van der Waals surface area contributed by atoms with Gasteiger partial charge in [0, 0.05) is 22.7 Å². The number of aromatic amines is 1. The van der Waals surface area contributed by atoms with Crippen LogP contribution >= 0.6 is 22.9 Å². The quantitative estimate of drug-likeness (QED) is 0.718. The standard InChI is InChI=1S/C15H9ClN2OS/c1-8-7-20-15(13(8)16)14(19)11-6-18-12-3-2-9(5-17)4-10(11)12/h2-4,6-7,18H,1H3. The van der Waals surface area contributed by atoms with Crippen molar-refractivity contribution >= 4 is 39.6 Å². The third-order valence-electron chi connectivity index (χ3n) is 3.16. The van der Waals surface area contributed by atoms with Gasteiger partial charge in [0.2, 0.25) is 5.78 Å². The fourth-order valence-electron chi connectivity index (χ4n) is 2.08. The minimum Gasteiger partial charge on any atom is -0.360 e. The molecule has 3 aromatic rings. The molecule has 1 N–H and O–H groups in total. The summed E-state index contributed by atoms with van der Waals surface area (Å²) in [5.74, 6) is -0.116. The third kappa shape index (κ3) is 1.92. The average Bonchev–Trinajstić information content (AvgIpc) is 3.02. The number of nitrogens with one attached hydrogen (secondary N) is 1. The van der Waals surface area contributed by atoms with Crippen molar-refractivity contribution < 1.29 is 4.79 Å². The summed E-state index contributed by atoms with van der Waals surface area (Å²) < 4.78 is 0. The van der Waals surface area contributed by atoms with Gasteiger partial charge in [-0.3, -0.25) is 4.79 Å². The summed E-state index contributed by atoms with van der Waals surface area (Å²) in [6.45, 7) is 1.87. The number of H-pyrrole nitrogens is 1. The summed E-state index contributed by atoms with van der Waals surface area (Å²) in [4.78, 5) is 16.2.